The van der Waals surface area contributed by atoms with Crippen LogP contribution in [0.5, 0.6) is 0 Å². The van der Waals surface area contributed by atoms with Gasteiger partial charge in [0, 0.05) is 42.4 Å². The molecule has 0 N–H and O–H groups in total. The number of amides is 1. The topological polar surface area (TPSA) is 26.8 Å². The van der Waals surface area contributed by atoms with E-state index in [-0.39, 0.29) is 0 Å². The number of piperidine rings is 2. The molecule has 3 fully saturated rings. The van der Waals surface area contributed by atoms with Gasteiger partial charge in [-0.05, 0) is 95.6 Å². The van der Waals surface area contributed by atoms with Gasteiger partial charge >= 0.3 is 0 Å². The molecule has 2 aliphatic heterocycles. The van der Waals surface area contributed by atoms with Crippen LogP contribution < -0.4 is 0 Å². The third-order valence-corrected chi connectivity index (χ3v) is 9.05. The van der Waals surface area contributed by atoms with Crippen LogP contribution in [0.4, 0.5) is 0 Å². The van der Waals surface area contributed by atoms with Crippen molar-refractivity contribution in [2.24, 2.45) is 5.92 Å². The Bertz CT molecular complexity index is 676. The summed E-state index contributed by atoms with van der Waals surface area (Å²) in [5, 5.41) is 0. The predicted molar refractivity (Wildman–Crippen MR) is 126 cm³/mol. The smallest absolute Gasteiger partial charge is 0.222 e. The minimum Gasteiger partial charge on any atom is -0.343 e. The maximum Gasteiger partial charge on any atom is 0.222 e. The van der Waals surface area contributed by atoms with Gasteiger partial charge in [-0.1, -0.05) is 12.8 Å². The largest absolute Gasteiger partial charge is 0.343 e. The van der Waals surface area contributed by atoms with Gasteiger partial charge in [0.15, 0.2) is 0 Å². The molecule has 5 heteroatoms. The molecule has 2 saturated heterocycles. The van der Waals surface area contributed by atoms with Crippen molar-refractivity contribution in [3.63, 3.8) is 0 Å². The second-order valence-electron chi connectivity index (χ2n) is 10.1. The van der Waals surface area contributed by atoms with E-state index in [1.165, 1.54) is 56.5 Å². The normalized spacial score (nSPS) is 25.1. The lowest BCUT2D eigenvalue weighted by molar-refractivity contribution is -0.133. The molecule has 1 unspecified atom stereocenters. The van der Waals surface area contributed by atoms with Crippen LogP contribution in [-0.2, 0) is 11.3 Å². The highest BCUT2D eigenvalue weighted by Gasteiger charge is 2.26. The molecule has 1 amide bonds. The van der Waals surface area contributed by atoms with E-state index < -0.39 is 0 Å². The van der Waals surface area contributed by atoms with E-state index >= 15 is 0 Å². The SMILES string of the molecule is CN1CCC(N(C)C(=O)CCC2CCCN(Cc3ccc(C4CCCC4)s3)C2)CC1. The highest BCUT2D eigenvalue weighted by molar-refractivity contribution is 7.12. The molecule has 1 aliphatic carbocycles. The van der Waals surface area contributed by atoms with Gasteiger partial charge in [0.25, 0.3) is 0 Å². The highest BCUT2D eigenvalue weighted by atomic mass is 32.1. The van der Waals surface area contributed by atoms with E-state index in [0.29, 0.717) is 17.9 Å². The average Bonchev–Trinajstić information content (AvgIpc) is 3.44. The molecule has 168 valence electrons. The molecule has 1 saturated carbocycles. The van der Waals surface area contributed by atoms with Gasteiger partial charge in [0.2, 0.25) is 5.91 Å². The summed E-state index contributed by atoms with van der Waals surface area (Å²) >= 11 is 2.06. The summed E-state index contributed by atoms with van der Waals surface area (Å²) in [6.07, 6.45) is 12.2. The van der Waals surface area contributed by atoms with Gasteiger partial charge in [-0.3, -0.25) is 9.69 Å². The van der Waals surface area contributed by atoms with Gasteiger partial charge in [-0.15, -0.1) is 11.3 Å². The van der Waals surface area contributed by atoms with E-state index in [2.05, 4.69) is 45.2 Å². The van der Waals surface area contributed by atoms with Crippen molar-refractivity contribution in [1.82, 2.24) is 14.7 Å². The maximum atomic E-state index is 12.8. The first-order valence-corrected chi connectivity index (χ1v) is 13.2. The van der Waals surface area contributed by atoms with Crippen molar-refractivity contribution in [2.45, 2.75) is 82.7 Å². The molecule has 30 heavy (non-hydrogen) atoms. The second-order valence-corrected chi connectivity index (χ2v) is 11.3. The van der Waals surface area contributed by atoms with Gasteiger partial charge in [0.05, 0.1) is 0 Å². The van der Waals surface area contributed by atoms with Gasteiger partial charge in [-0.25, -0.2) is 0 Å². The Morgan fingerprint density at radius 2 is 1.83 bits per heavy atom. The van der Waals surface area contributed by atoms with E-state index in [1.807, 2.05) is 7.05 Å². The average molecular weight is 432 g/mol. The predicted octanol–water partition coefficient (Wildman–Crippen LogP) is 4.95. The minimum absolute atomic E-state index is 0.362. The van der Waals surface area contributed by atoms with Crippen LogP contribution in [-0.4, -0.2) is 66.9 Å². The van der Waals surface area contributed by atoms with Gasteiger partial charge in [0.1, 0.15) is 0 Å². The Balaban J connectivity index is 1.20. The Morgan fingerprint density at radius 1 is 1.07 bits per heavy atom. The number of thiophene rings is 1. The number of carbonyl (C=O) groups excluding carboxylic acids is 1. The highest BCUT2D eigenvalue weighted by Crippen LogP contribution is 2.38. The van der Waals surface area contributed by atoms with Crippen LogP contribution in [0.1, 0.15) is 79.9 Å². The quantitative estimate of drug-likeness (QED) is 0.611. The van der Waals surface area contributed by atoms with E-state index in [9.17, 15) is 4.79 Å². The number of likely N-dealkylation sites (tertiary alicyclic amines) is 2. The second kappa shape index (κ2) is 10.6. The van der Waals surface area contributed by atoms with Crippen molar-refractivity contribution in [2.75, 3.05) is 40.3 Å². The van der Waals surface area contributed by atoms with Gasteiger partial charge in [-0.2, -0.15) is 0 Å². The van der Waals surface area contributed by atoms with E-state index in [0.717, 1.165) is 51.2 Å². The zero-order valence-electron chi connectivity index (χ0n) is 19.2. The first-order chi connectivity index (χ1) is 14.6. The molecule has 1 aromatic heterocycles. The van der Waals surface area contributed by atoms with Crippen LogP contribution in [0, 0.1) is 5.92 Å². The van der Waals surface area contributed by atoms with Gasteiger partial charge < -0.3 is 9.80 Å². The molecular weight excluding hydrogens is 390 g/mol. The number of nitrogens with zero attached hydrogens (tertiary/aromatic N) is 3. The number of rotatable bonds is 7. The number of hydrogen-bond acceptors (Lipinski definition) is 4. The summed E-state index contributed by atoms with van der Waals surface area (Å²) in [4.78, 5) is 23.0. The molecule has 4 rings (SSSR count). The lowest BCUT2D eigenvalue weighted by Crippen LogP contribution is -2.44. The fourth-order valence-corrected chi connectivity index (χ4v) is 6.97. The van der Waals surface area contributed by atoms with Crippen molar-refractivity contribution >= 4 is 17.2 Å². The van der Waals surface area contributed by atoms with Crippen molar-refractivity contribution < 1.29 is 4.79 Å². The summed E-state index contributed by atoms with van der Waals surface area (Å²) < 4.78 is 0. The standard InChI is InChI=1S/C25H41N3OS/c1-26-16-13-22(14-17-26)27(2)25(29)12-9-20-6-5-15-28(18-20)19-23-10-11-24(30-23)21-7-3-4-8-21/h10-11,20-22H,3-9,12-19H2,1-2H3. The molecule has 0 aromatic carbocycles. The van der Waals surface area contributed by atoms with E-state index in [4.69, 9.17) is 0 Å². The number of carbonyl (C=O) groups is 1. The lowest BCUT2D eigenvalue weighted by atomic mass is 9.93. The summed E-state index contributed by atoms with van der Waals surface area (Å²) in [6, 6.07) is 5.22. The first-order valence-electron chi connectivity index (χ1n) is 12.3. The Kier molecular flexibility index (Phi) is 7.88. The summed E-state index contributed by atoms with van der Waals surface area (Å²) in [5.74, 6) is 1.88. The summed E-state index contributed by atoms with van der Waals surface area (Å²) in [7, 11) is 4.21. The third-order valence-electron chi connectivity index (χ3n) is 7.82. The molecule has 1 atom stereocenters. The zero-order chi connectivity index (χ0) is 20.9. The molecule has 0 bridgehead atoms. The molecule has 0 spiro atoms. The zero-order valence-corrected chi connectivity index (χ0v) is 20.0. The Hall–Kier alpha value is -0.910. The molecule has 1 aromatic rings. The monoisotopic (exact) mass is 431 g/mol. The molecule has 0 radical (unpaired) electrons. The number of hydrogen-bond donors (Lipinski definition) is 0. The molecule has 3 aliphatic rings. The molecule has 4 nitrogen and oxygen atoms in total. The van der Waals surface area contributed by atoms with Crippen molar-refractivity contribution in [3.8, 4) is 0 Å². The van der Waals surface area contributed by atoms with Crippen LogP contribution in [0.3, 0.4) is 0 Å². The molecule has 3 heterocycles. The first kappa shape index (κ1) is 22.3. The summed E-state index contributed by atoms with van der Waals surface area (Å²) in [6.45, 7) is 5.73. The fourth-order valence-electron chi connectivity index (χ4n) is 5.75. The Morgan fingerprint density at radius 3 is 2.60 bits per heavy atom. The van der Waals surface area contributed by atoms with Crippen molar-refractivity contribution in [3.05, 3.63) is 21.9 Å². The van der Waals surface area contributed by atoms with Crippen LogP contribution in [0.25, 0.3) is 0 Å². The van der Waals surface area contributed by atoms with Crippen molar-refractivity contribution in [1.29, 1.82) is 0 Å². The third kappa shape index (κ3) is 5.86. The summed E-state index contributed by atoms with van der Waals surface area (Å²) in [5.41, 5.74) is 0. The molecular formula is C25H41N3OS. The van der Waals surface area contributed by atoms with Crippen LogP contribution in [0.15, 0.2) is 12.1 Å². The van der Waals surface area contributed by atoms with Crippen LogP contribution >= 0.6 is 11.3 Å². The minimum atomic E-state index is 0.362. The maximum absolute atomic E-state index is 12.8. The lowest BCUT2D eigenvalue weighted by Gasteiger charge is -2.36. The van der Waals surface area contributed by atoms with Crippen LogP contribution in [0.2, 0.25) is 0 Å². The van der Waals surface area contributed by atoms with E-state index in [1.54, 1.807) is 4.88 Å². The fraction of sp³-hybridized carbons (Fsp3) is 0.800. The Labute approximate surface area is 187 Å².